The molecule has 2 N–H and O–H groups in total. The third kappa shape index (κ3) is 2.76. The van der Waals surface area contributed by atoms with Gasteiger partial charge in [0.25, 0.3) is 0 Å². The van der Waals surface area contributed by atoms with Gasteiger partial charge >= 0.3 is 0 Å². The first-order valence-corrected chi connectivity index (χ1v) is 6.91. The van der Waals surface area contributed by atoms with E-state index in [-0.39, 0.29) is 5.82 Å². The van der Waals surface area contributed by atoms with Crippen molar-refractivity contribution in [1.29, 1.82) is 0 Å². The molecule has 0 saturated heterocycles. The number of halogens is 1. The molecule has 1 aromatic carbocycles. The van der Waals surface area contributed by atoms with E-state index in [0.29, 0.717) is 18.4 Å². The van der Waals surface area contributed by atoms with E-state index >= 15 is 0 Å². The summed E-state index contributed by atoms with van der Waals surface area (Å²) in [6, 6.07) is 6.41. The molecule has 0 fully saturated rings. The lowest BCUT2D eigenvalue weighted by atomic mass is 9.97. The molecule has 2 nitrogen and oxygen atoms in total. The fourth-order valence-corrected chi connectivity index (χ4v) is 2.98. The minimum Gasteiger partial charge on any atom is -0.330 e. The van der Waals surface area contributed by atoms with E-state index in [1.54, 1.807) is 23.5 Å². The molecule has 1 unspecified atom stereocenters. The fraction of sp³-hybridized carbons (Fsp3) is 0.357. The molecule has 18 heavy (non-hydrogen) atoms. The summed E-state index contributed by atoms with van der Waals surface area (Å²) >= 11 is 1.62. The van der Waals surface area contributed by atoms with Gasteiger partial charge in [0.1, 0.15) is 5.82 Å². The first kappa shape index (κ1) is 13.2. The van der Waals surface area contributed by atoms with Crippen LogP contribution in [-0.2, 0) is 0 Å². The van der Waals surface area contributed by atoms with Crippen LogP contribution in [0.15, 0.2) is 29.6 Å². The summed E-state index contributed by atoms with van der Waals surface area (Å²) in [5.41, 5.74) is 7.63. The third-order valence-corrected chi connectivity index (χ3v) is 4.01. The summed E-state index contributed by atoms with van der Waals surface area (Å²) < 4.78 is 12.9. The Kier molecular flexibility index (Phi) is 4.09. The van der Waals surface area contributed by atoms with Gasteiger partial charge in [0.2, 0.25) is 0 Å². The number of thiazole rings is 1. The smallest absolute Gasteiger partial charge is 0.123 e. The second-order valence-electron chi connectivity index (χ2n) is 4.66. The van der Waals surface area contributed by atoms with Crippen LogP contribution in [0.4, 0.5) is 4.39 Å². The van der Waals surface area contributed by atoms with Gasteiger partial charge in [0, 0.05) is 23.4 Å². The lowest BCUT2D eigenvalue weighted by Crippen LogP contribution is -2.17. The molecule has 2 aromatic rings. The maximum Gasteiger partial charge on any atom is 0.123 e. The summed E-state index contributed by atoms with van der Waals surface area (Å²) in [7, 11) is 0. The van der Waals surface area contributed by atoms with Crippen molar-refractivity contribution in [3.63, 3.8) is 0 Å². The molecule has 1 aromatic heterocycles. The topological polar surface area (TPSA) is 38.9 Å². The Morgan fingerprint density at radius 3 is 2.50 bits per heavy atom. The van der Waals surface area contributed by atoms with E-state index in [1.165, 1.54) is 12.1 Å². The highest BCUT2D eigenvalue weighted by molar-refractivity contribution is 7.10. The third-order valence-electron chi connectivity index (χ3n) is 3.04. The number of rotatable bonds is 4. The molecule has 1 heterocycles. The van der Waals surface area contributed by atoms with Gasteiger partial charge in [0.05, 0.1) is 10.7 Å². The highest BCUT2D eigenvalue weighted by atomic mass is 32.1. The number of aromatic nitrogens is 1. The Morgan fingerprint density at radius 2 is 1.94 bits per heavy atom. The number of nitrogens with zero attached hydrogens (tertiary/aromatic N) is 1. The predicted octanol–water partition coefficient (Wildman–Crippen LogP) is 3.65. The summed E-state index contributed by atoms with van der Waals surface area (Å²) in [5.74, 6) is 0.544. The minimum absolute atomic E-state index is 0.226. The van der Waals surface area contributed by atoms with Gasteiger partial charge in [-0.1, -0.05) is 13.8 Å². The highest BCUT2D eigenvalue weighted by Gasteiger charge is 2.18. The largest absolute Gasteiger partial charge is 0.330 e. The van der Waals surface area contributed by atoms with E-state index in [0.717, 1.165) is 16.3 Å². The molecule has 0 spiro atoms. The quantitative estimate of drug-likeness (QED) is 0.915. The summed E-state index contributed by atoms with van der Waals surface area (Å²) in [6.07, 6.45) is 0. The Bertz CT molecular complexity index is 505. The minimum atomic E-state index is -0.226. The molecular formula is C14H17FN2S. The van der Waals surface area contributed by atoms with Gasteiger partial charge in [-0.3, -0.25) is 0 Å². The van der Waals surface area contributed by atoms with Crippen molar-refractivity contribution in [2.45, 2.75) is 19.8 Å². The molecule has 0 bridgehead atoms. The van der Waals surface area contributed by atoms with E-state index in [4.69, 9.17) is 5.73 Å². The molecule has 0 amide bonds. The van der Waals surface area contributed by atoms with E-state index in [2.05, 4.69) is 18.8 Å². The van der Waals surface area contributed by atoms with Crippen molar-refractivity contribution >= 4 is 11.3 Å². The van der Waals surface area contributed by atoms with Crippen LogP contribution in [-0.4, -0.2) is 11.5 Å². The standard InChI is InChI=1S/C14H17FN2S/c1-9(2)12(7-16)14-17-13(8-18-14)10-3-5-11(15)6-4-10/h3-6,8-9,12H,7,16H2,1-2H3. The maximum absolute atomic E-state index is 12.9. The van der Waals surface area contributed by atoms with Crippen LogP contribution >= 0.6 is 11.3 Å². The second kappa shape index (κ2) is 5.59. The average molecular weight is 264 g/mol. The van der Waals surface area contributed by atoms with E-state index in [9.17, 15) is 4.39 Å². The fourth-order valence-electron chi connectivity index (χ4n) is 1.87. The lowest BCUT2D eigenvalue weighted by molar-refractivity contribution is 0.504. The normalized spacial score (nSPS) is 12.9. The van der Waals surface area contributed by atoms with Crippen molar-refractivity contribution in [3.8, 4) is 11.3 Å². The van der Waals surface area contributed by atoms with Crippen LogP contribution in [0.3, 0.4) is 0 Å². The Morgan fingerprint density at radius 1 is 1.28 bits per heavy atom. The van der Waals surface area contributed by atoms with Crippen LogP contribution in [0.2, 0.25) is 0 Å². The molecule has 1 atom stereocenters. The molecule has 0 aliphatic rings. The van der Waals surface area contributed by atoms with Gasteiger partial charge in [0.15, 0.2) is 0 Å². The maximum atomic E-state index is 12.9. The highest BCUT2D eigenvalue weighted by Crippen LogP contribution is 2.30. The van der Waals surface area contributed by atoms with Crippen molar-refractivity contribution in [2.75, 3.05) is 6.54 Å². The van der Waals surface area contributed by atoms with Crippen molar-refractivity contribution in [2.24, 2.45) is 11.7 Å². The Balaban J connectivity index is 2.27. The zero-order valence-electron chi connectivity index (χ0n) is 10.6. The lowest BCUT2D eigenvalue weighted by Gasteiger charge is -2.15. The van der Waals surface area contributed by atoms with Crippen LogP contribution < -0.4 is 5.73 Å². The molecule has 0 saturated carbocycles. The first-order valence-electron chi connectivity index (χ1n) is 6.03. The zero-order valence-corrected chi connectivity index (χ0v) is 11.4. The molecular weight excluding hydrogens is 247 g/mol. The molecule has 0 aliphatic heterocycles. The van der Waals surface area contributed by atoms with Gasteiger partial charge in [-0.2, -0.15) is 0 Å². The number of hydrogen-bond acceptors (Lipinski definition) is 3. The molecule has 4 heteroatoms. The summed E-state index contributed by atoms with van der Waals surface area (Å²) in [4.78, 5) is 4.62. The molecule has 96 valence electrons. The van der Waals surface area contributed by atoms with Crippen LogP contribution in [0.1, 0.15) is 24.8 Å². The number of benzene rings is 1. The molecule has 0 aliphatic carbocycles. The van der Waals surface area contributed by atoms with Crippen LogP contribution in [0.5, 0.6) is 0 Å². The van der Waals surface area contributed by atoms with Crippen LogP contribution in [0.25, 0.3) is 11.3 Å². The first-order chi connectivity index (χ1) is 8.61. The monoisotopic (exact) mass is 264 g/mol. The van der Waals surface area contributed by atoms with Crippen molar-refractivity contribution in [1.82, 2.24) is 4.98 Å². The van der Waals surface area contributed by atoms with Crippen molar-refractivity contribution in [3.05, 3.63) is 40.5 Å². The summed E-state index contributed by atoms with van der Waals surface area (Å²) in [5, 5.41) is 3.07. The average Bonchev–Trinajstić information content (AvgIpc) is 2.80. The molecule has 0 radical (unpaired) electrons. The van der Waals surface area contributed by atoms with Gasteiger partial charge < -0.3 is 5.73 Å². The van der Waals surface area contributed by atoms with Gasteiger partial charge in [-0.15, -0.1) is 11.3 Å². The van der Waals surface area contributed by atoms with Gasteiger partial charge in [-0.25, -0.2) is 9.37 Å². The summed E-state index contributed by atoms with van der Waals surface area (Å²) in [6.45, 7) is 4.90. The Labute approximate surface area is 111 Å². The zero-order chi connectivity index (χ0) is 13.1. The van der Waals surface area contributed by atoms with E-state index in [1.807, 2.05) is 5.38 Å². The predicted molar refractivity (Wildman–Crippen MR) is 74.1 cm³/mol. The van der Waals surface area contributed by atoms with Crippen LogP contribution in [0, 0.1) is 11.7 Å². The van der Waals surface area contributed by atoms with Gasteiger partial charge in [-0.05, 0) is 30.2 Å². The Hall–Kier alpha value is -1.26. The van der Waals surface area contributed by atoms with E-state index < -0.39 is 0 Å². The SMILES string of the molecule is CC(C)C(CN)c1nc(-c2ccc(F)cc2)cs1. The number of hydrogen-bond donors (Lipinski definition) is 1. The second-order valence-corrected chi connectivity index (χ2v) is 5.55. The van der Waals surface area contributed by atoms with Crippen molar-refractivity contribution < 1.29 is 4.39 Å². The number of nitrogens with two attached hydrogens (primary N) is 1. The molecule has 2 rings (SSSR count).